The third-order valence-corrected chi connectivity index (χ3v) is 5.49. The highest BCUT2D eigenvalue weighted by molar-refractivity contribution is 7.16. The van der Waals surface area contributed by atoms with Crippen molar-refractivity contribution in [1.82, 2.24) is 0 Å². The molecular formula is C20H23NO5S. The number of anilines is 1. The Hall–Kier alpha value is -2.67. The maximum atomic E-state index is 12.4. The first-order valence-corrected chi connectivity index (χ1v) is 9.21. The van der Waals surface area contributed by atoms with Crippen LogP contribution in [0.25, 0.3) is 0 Å². The van der Waals surface area contributed by atoms with Crippen molar-refractivity contribution in [3.8, 4) is 0 Å². The number of rotatable bonds is 6. The Morgan fingerprint density at radius 2 is 1.74 bits per heavy atom. The van der Waals surface area contributed by atoms with Crippen molar-refractivity contribution in [3.05, 3.63) is 51.9 Å². The van der Waals surface area contributed by atoms with Gasteiger partial charge in [-0.15, -0.1) is 11.3 Å². The lowest BCUT2D eigenvalue weighted by atomic mass is 9.85. The quantitative estimate of drug-likeness (QED) is 0.763. The highest BCUT2D eigenvalue weighted by Crippen LogP contribution is 2.33. The summed E-state index contributed by atoms with van der Waals surface area (Å²) in [5.74, 6) is -1.54. The molecule has 1 N–H and O–H groups in total. The SMILES string of the molecule is COC(=O)c1c(NC(=O)COC(=O)C(C)(C)c2ccccc2)sc(C)c1C. The number of hydrogen-bond acceptors (Lipinski definition) is 6. The first kappa shape index (κ1) is 20.6. The standard InChI is InChI=1S/C20H23NO5S/c1-12-13(2)27-17(16(12)18(23)25-5)21-15(22)11-26-19(24)20(3,4)14-9-7-6-8-10-14/h6-10H,11H2,1-5H3,(H,21,22). The fraction of sp³-hybridized carbons (Fsp3) is 0.350. The zero-order valence-corrected chi connectivity index (χ0v) is 16.9. The average Bonchev–Trinajstić information content (AvgIpc) is 2.93. The molecule has 0 fully saturated rings. The van der Waals surface area contributed by atoms with E-state index < -0.39 is 29.9 Å². The number of amides is 1. The van der Waals surface area contributed by atoms with Gasteiger partial charge in [-0.05, 0) is 38.8 Å². The summed E-state index contributed by atoms with van der Waals surface area (Å²) in [4.78, 5) is 37.5. The fourth-order valence-electron chi connectivity index (χ4n) is 2.51. The Balaban J connectivity index is 2.04. The number of carbonyl (C=O) groups excluding carboxylic acids is 3. The van der Waals surface area contributed by atoms with Gasteiger partial charge in [-0.3, -0.25) is 9.59 Å². The van der Waals surface area contributed by atoms with Gasteiger partial charge < -0.3 is 14.8 Å². The van der Waals surface area contributed by atoms with Crippen molar-refractivity contribution in [2.75, 3.05) is 19.0 Å². The molecule has 1 heterocycles. The molecule has 0 bridgehead atoms. The van der Waals surface area contributed by atoms with Crippen LogP contribution in [0, 0.1) is 13.8 Å². The Labute approximate surface area is 162 Å². The number of methoxy groups -OCH3 is 1. The van der Waals surface area contributed by atoms with Crippen molar-refractivity contribution in [2.24, 2.45) is 0 Å². The first-order valence-electron chi connectivity index (χ1n) is 8.39. The smallest absolute Gasteiger partial charge is 0.341 e. The van der Waals surface area contributed by atoms with Gasteiger partial charge in [-0.2, -0.15) is 0 Å². The predicted molar refractivity (Wildman–Crippen MR) is 104 cm³/mol. The maximum absolute atomic E-state index is 12.4. The first-order chi connectivity index (χ1) is 12.7. The van der Waals surface area contributed by atoms with E-state index in [1.54, 1.807) is 20.8 Å². The summed E-state index contributed by atoms with van der Waals surface area (Å²) in [6, 6.07) is 9.21. The molecule has 6 nitrogen and oxygen atoms in total. The van der Waals surface area contributed by atoms with Gasteiger partial charge in [-0.25, -0.2) is 4.79 Å². The number of aryl methyl sites for hydroxylation is 1. The lowest BCUT2D eigenvalue weighted by Crippen LogP contribution is -2.33. The molecule has 0 atom stereocenters. The Kier molecular flexibility index (Phi) is 6.38. The lowest BCUT2D eigenvalue weighted by Gasteiger charge is -2.22. The van der Waals surface area contributed by atoms with Crippen LogP contribution in [0.15, 0.2) is 30.3 Å². The van der Waals surface area contributed by atoms with E-state index in [1.807, 2.05) is 37.3 Å². The van der Waals surface area contributed by atoms with E-state index in [-0.39, 0.29) is 0 Å². The number of benzene rings is 1. The molecule has 0 aliphatic rings. The van der Waals surface area contributed by atoms with Crippen LogP contribution in [0.2, 0.25) is 0 Å². The van der Waals surface area contributed by atoms with Crippen LogP contribution in [0.4, 0.5) is 5.00 Å². The van der Waals surface area contributed by atoms with E-state index >= 15 is 0 Å². The normalized spacial score (nSPS) is 11.0. The minimum absolute atomic E-state index is 0.323. The molecule has 0 unspecified atom stereocenters. The molecule has 0 aliphatic carbocycles. The van der Waals surface area contributed by atoms with Crippen LogP contribution in [-0.2, 0) is 24.5 Å². The van der Waals surface area contributed by atoms with Gasteiger partial charge in [0.15, 0.2) is 6.61 Å². The predicted octanol–water partition coefficient (Wildman–Crippen LogP) is 3.61. The molecule has 1 aromatic heterocycles. The number of esters is 2. The van der Waals surface area contributed by atoms with E-state index in [1.165, 1.54) is 18.4 Å². The van der Waals surface area contributed by atoms with E-state index in [4.69, 9.17) is 9.47 Å². The van der Waals surface area contributed by atoms with Crippen LogP contribution >= 0.6 is 11.3 Å². The highest BCUT2D eigenvalue weighted by atomic mass is 32.1. The monoisotopic (exact) mass is 389 g/mol. The lowest BCUT2D eigenvalue weighted by molar-refractivity contribution is -0.152. The minimum atomic E-state index is -0.880. The van der Waals surface area contributed by atoms with Gasteiger partial charge in [0.25, 0.3) is 5.91 Å². The van der Waals surface area contributed by atoms with E-state index in [2.05, 4.69) is 5.32 Å². The summed E-state index contributed by atoms with van der Waals surface area (Å²) in [5, 5.41) is 3.02. The summed E-state index contributed by atoms with van der Waals surface area (Å²) < 4.78 is 9.97. The van der Waals surface area contributed by atoms with Gasteiger partial charge in [0.05, 0.1) is 18.1 Å². The minimum Gasteiger partial charge on any atom is -0.465 e. The van der Waals surface area contributed by atoms with Crippen LogP contribution in [0.3, 0.4) is 0 Å². The molecule has 0 aliphatic heterocycles. The van der Waals surface area contributed by atoms with Crippen LogP contribution in [-0.4, -0.2) is 31.6 Å². The molecule has 2 aromatic rings. The Morgan fingerprint density at radius 1 is 1.11 bits per heavy atom. The van der Waals surface area contributed by atoms with Crippen molar-refractivity contribution >= 4 is 34.2 Å². The fourth-order valence-corrected chi connectivity index (χ4v) is 3.57. The Morgan fingerprint density at radius 3 is 2.33 bits per heavy atom. The summed E-state index contributed by atoms with van der Waals surface area (Å²) >= 11 is 1.28. The number of ether oxygens (including phenoxy) is 2. The number of hydrogen-bond donors (Lipinski definition) is 1. The van der Waals surface area contributed by atoms with Gasteiger partial charge in [0, 0.05) is 4.88 Å². The summed E-state index contributed by atoms with van der Waals surface area (Å²) in [5.41, 5.74) is 0.996. The van der Waals surface area contributed by atoms with Crippen molar-refractivity contribution in [2.45, 2.75) is 33.1 Å². The van der Waals surface area contributed by atoms with E-state index in [9.17, 15) is 14.4 Å². The van der Waals surface area contributed by atoms with Gasteiger partial charge >= 0.3 is 11.9 Å². The van der Waals surface area contributed by atoms with Crippen molar-refractivity contribution in [1.29, 1.82) is 0 Å². The van der Waals surface area contributed by atoms with Gasteiger partial charge in [0.2, 0.25) is 0 Å². The van der Waals surface area contributed by atoms with Crippen LogP contribution in [0.1, 0.15) is 40.2 Å². The zero-order valence-electron chi connectivity index (χ0n) is 16.0. The molecule has 27 heavy (non-hydrogen) atoms. The summed E-state index contributed by atoms with van der Waals surface area (Å²) in [6.07, 6.45) is 0. The van der Waals surface area contributed by atoms with Gasteiger partial charge in [-0.1, -0.05) is 30.3 Å². The summed E-state index contributed by atoms with van der Waals surface area (Å²) in [7, 11) is 1.29. The highest BCUT2D eigenvalue weighted by Gasteiger charge is 2.32. The molecule has 1 aromatic carbocycles. The van der Waals surface area contributed by atoms with E-state index in [0.717, 1.165) is 16.0 Å². The molecule has 144 valence electrons. The number of thiophene rings is 1. The topological polar surface area (TPSA) is 81.7 Å². The molecule has 0 spiro atoms. The molecule has 1 amide bonds. The third-order valence-electron chi connectivity index (χ3n) is 4.37. The number of carbonyl (C=O) groups is 3. The summed E-state index contributed by atoms with van der Waals surface area (Å²) in [6.45, 7) is 6.68. The van der Waals surface area contributed by atoms with Crippen LogP contribution < -0.4 is 5.32 Å². The third kappa shape index (κ3) is 4.54. The second kappa shape index (κ2) is 8.35. The second-order valence-corrected chi connectivity index (χ2v) is 7.82. The van der Waals surface area contributed by atoms with E-state index in [0.29, 0.717) is 10.6 Å². The van der Waals surface area contributed by atoms with Crippen molar-refractivity contribution < 1.29 is 23.9 Å². The maximum Gasteiger partial charge on any atom is 0.341 e. The average molecular weight is 389 g/mol. The largest absolute Gasteiger partial charge is 0.465 e. The number of nitrogens with one attached hydrogen (secondary N) is 1. The molecule has 7 heteroatoms. The van der Waals surface area contributed by atoms with Crippen molar-refractivity contribution in [3.63, 3.8) is 0 Å². The molecule has 0 saturated heterocycles. The van der Waals surface area contributed by atoms with Gasteiger partial charge in [0.1, 0.15) is 5.00 Å². The molecule has 0 radical (unpaired) electrons. The zero-order chi connectivity index (χ0) is 20.2. The molecular weight excluding hydrogens is 366 g/mol. The Bertz CT molecular complexity index is 855. The molecule has 0 saturated carbocycles. The molecule has 2 rings (SSSR count). The van der Waals surface area contributed by atoms with Crippen LogP contribution in [0.5, 0.6) is 0 Å². The second-order valence-electron chi connectivity index (χ2n) is 6.59.